The van der Waals surface area contributed by atoms with Crippen LogP contribution in [0.5, 0.6) is 5.75 Å². The first-order valence-electron chi connectivity index (χ1n) is 6.80. The number of rotatable bonds is 6. The summed E-state index contributed by atoms with van der Waals surface area (Å²) in [6, 6.07) is 20.0. The predicted octanol–water partition coefficient (Wildman–Crippen LogP) is 3.91. The van der Waals surface area contributed by atoms with E-state index in [-0.39, 0.29) is 12.5 Å². The van der Waals surface area contributed by atoms with Gasteiger partial charge >= 0.3 is 0 Å². The number of nitrogens with zero attached hydrogens (tertiary/aromatic N) is 1. The first-order chi connectivity index (χ1) is 9.72. The van der Waals surface area contributed by atoms with Crippen molar-refractivity contribution in [3.05, 3.63) is 60.7 Å². The van der Waals surface area contributed by atoms with Crippen LogP contribution in [-0.2, 0) is 4.74 Å². The molecule has 0 saturated carbocycles. The van der Waals surface area contributed by atoms with E-state index in [0.29, 0.717) is 0 Å². The topological polar surface area (TPSA) is 21.7 Å². The molecule has 0 heterocycles. The summed E-state index contributed by atoms with van der Waals surface area (Å²) in [7, 11) is 1.70. The number of benzene rings is 2. The molecule has 0 bridgehead atoms. The molecule has 2 aromatic carbocycles. The summed E-state index contributed by atoms with van der Waals surface area (Å²) in [5, 5.41) is 0. The van der Waals surface area contributed by atoms with Crippen LogP contribution >= 0.6 is 0 Å². The van der Waals surface area contributed by atoms with E-state index in [4.69, 9.17) is 9.47 Å². The van der Waals surface area contributed by atoms with Crippen molar-refractivity contribution in [3.8, 4) is 5.75 Å². The molecule has 0 amide bonds. The van der Waals surface area contributed by atoms with Gasteiger partial charge in [0.15, 0.2) is 6.23 Å². The highest BCUT2D eigenvalue weighted by Gasteiger charge is 2.21. The molecular formula is C17H21NO2. The lowest BCUT2D eigenvalue weighted by Crippen LogP contribution is -2.44. The zero-order chi connectivity index (χ0) is 14.4. The summed E-state index contributed by atoms with van der Waals surface area (Å²) >= 11 is 0. The van der Waals surface area contributed by atoms with E-state index >= 15 is 0 Å². The molecule has 3 nitrogen and oxygen atoms in total. The van der Waals surface area contributed by atoms with Gasteiger partial charge in [-0.25, -0.2) is 0 Å². The minimum atomic E-state index is -0.130. The van der Waals surface area contributed by atoms with Gasteiger partial charge < -0.3 is 14.4 Å². The molecule has 2 aromatic rings. The fraction of sp³-hybridized carbons (Fsp3) is 0.294. The van der Waals surface area contributed by atoms with Crippen LogP contribution in [0.2, 0.25) is 0 Å². The number of hydrogen-bond acceptors (Lipinski definition) is 3. The maximum absolute atomic E-state index is 6.00. The highest BCUT2D eigenvalue weighted by atomic mass is 16.5. The monoisotopic (exact) mass is 271 g/mol. The Hall–Kier alpha value is -2.00. The van der Waals surface area contributed by atoms with Crippen LogP contribution in [0.3, 0.4) is 0 Å². The summed E-state index contributed by atoms with van der Waals surface area (Å²) < 4.78 is 11.5. The molecule has 2 atom stereocenters. The van der Waals surface area contributed by atoms with E-state index < -0.39 is 0 Å². The SMILES string of the molecule is COC(C)N(c1ccccc1)C(C)Oc1ccccc1. The quantitative estimate of drug-likeness (QED) is 0.743. The third kappa shape index (κ3) is 3.52. The second-order valence-corrected chi connectivity index (χ2v) is 4.61. The largest absolute Gasteiger partial charge is 0.471 e. The van der Waals surface area contributed by atoms with Crippen LogP contribution in [0, 0.1) is 0 Å². The van der Waals surface area contributed by atoms with Gasteiger partial charge in [-0.15, -0.1) is 0 Å². The Labute approximate surface area is 120 Å². The molecule has 20 heavy (non-hydrogen) atoms. The Kier molecular flexibility index (Phi) is 5.02. The molecule has 3 heteroatoms. The van der Waals surface area contributed by atoms with Gasteiger partial charge in [-0.3, -0.25) is 0 Å². The smallest absolute Gasteiger partial charge is 0.171 e. The molecule has 0 N–H and O–H groups in total. The molecule has 0 aliphatic rings. The Bertz CT molecular complexity index is 501. The first kappa shape index (κ1) is 14.4. The fourth-order valence-corrected chi connectivity index (χ4v) is 2.18. The zero-order valence-corrected chi connectivity index (χ0v) is 12.2. The van der Waals surface area contributed by atoms with Crippen molar-refractivity contribution in [2.24, 2.45) is 0 Å². The van der Waals surface area contributed by atoms with Crippen LogP contribution in [0.4, 0.5) is 5.69 Å². The maximum atomic E-state index is 6.00. The van der Waals surface area contributed by atoms with Crippen LogP contribution in [-0.4, -0.2) is 19.6 Å². The third-order valence-electron chi connectivity index (χ3n) is 3.23. The zero-order valence-electron chi connectivity index (χ0n) is 12.2. The highest BCUT2D eigenvalue weighted by molar-refractivity contribution is 5.47. The average Bonchev–Trinajstić information content (AvgIpc) is 2.49. The number of ether oxygens (including phenoxy) is 2. The molecule has 0 radical (unpaired) electrons. The number of para-hydroxylation sites is 2. The molecule has 2 rings (SSSR count). The highest BCUT2D eigenvalue weighted by Crippen LogP contribution is 2.22. The molecule has 0 aliphatic heterocycles. The Morgan fingerprint density at radius 3 is 1.90 bits per heavy atom. The van der Waals surface area contributed by atoms with E-state index in [1.165, 1.54) is 0 Å². The summed E-state index contributed by atoms with van der Waals surface area (Å²) in [6.07, 6.45) is -0.203. The van der Waals surface area contributed by atoms with Gasteiger partial charge in [0.1, 0.15) is 12.0 Å². The second kappa shape index (κ2) is 6.96. The van der Waals surface area contributed by atoms with Crippen molar-refractivity contribution in [3.63, 3.8) is 0 Å². The predicted molar refractivity (Wildman–Crippen MR) is 81.9 cm³/mol. The normalized spacial score (nSPS) is 13.6. The number of hydrogen-bond donors (Lipinski definition) is 0. The molecule has 0 fully saturated rings. The summed E-state index contributed by atoms with van der Waals surface area (Å²) in [4.78, 5) is 2.10. The van der Waals surface area contributed by atoms with Crippen molar-refractivity contribution >= 4 is 5.69 Å². The standard InChI is InChI=1S/C17H21NO2/c1-14(19-3)18(16-10-6-4-7-11-16)15(2)20-17-12-8-5-9-13-17/h4-15H,1-3H3. The Morgan fingerprint density at radius 2 is 1.35 bits per heavy atom. The lowest BCUT2D eigenvalue weighted by Gasteiger charge is -2.35. The summed E-state index contributed by atoms with van der Waals surface area (Å²) in [5.41, 5.74) is 1.07. The van der Waals surface area contributed by atoms with E-state index in [9.17, 15) is 0 Å². The summed E-state index contributed by atoms with van der Waals surface area (Å²) in [5.74, 6) is 0.851. The number of methoxy groups -OCH3 is 1. The van der Waals surface area contributed by atoms with Crippen molar-refractivity contribution in [1.82, 2.24) is 0 Å². The molecule has 0 spiro atoms. The minimum absolute atomic E-state index is 0.0730. The Balaban J connectivity index is 2.19. The minimum Gasteiger partial charge on any atom is -0.471 e. The van der Waals surface area contributed by atoms with Gasteiger partial charge in [0.05, 0.1) is 0 Å². The molecule has 106 valence electrons. The second-order valence-electron chi connectivity index (χ2n) is 4.61. The first-order valence-corrected chi connectivity index (χ1v) is 6.80. The molecular weight excluding hydrogens is 250 g/mol. The lowest BCUT2D eigenvalue weighted by atomic mass is 10.2. The van der Waals surface area contributed by atoms with Gasteiger partial charge in [0, 0.05) is 12.8 Å². The lowest BCUT2D eigenvalue weighted by molar-refractivity contribution is 0.0747. The Morgan fingerprint density at radius 1 is 0.800 bits per heavy atom. The van der Waals surface area contributed by atoms with E-state index in [0.717, 1.165) is 11.4 Å². The van der Waals surface area contributed by atoms with E-state index in [1.807, 2.05) is 62.4 Å². The van der Waals surface area contributed by atoms with Crippen molar-refractivity contribution in [2.75, 3.05) is 12.0 Å². The maximum Gasteiger partial charge on any atom is 0.171 e. The van der Waals surface area contributed by atoms with Crippen molar-refractivity contribution < 1.29 is 9.47 Å². The third-order valence-corrected chi connectivity index (χ3v) is 3.23. The van der Waals surface area contributed by atoms with Gasteiger partial charge in [-0.05, 0) is 38.1 Å². The van der Waals surface area contributed by atoms with Crippen LogP contribution < -0.4 is 9.64 Å². The number of anilines is 1. The van der Waals surface area contributed by atoms with E-state index in [2.05, 4.69) is 17.0 Å². The average molecular weight is 271 g/mol. The molecule has 2 unspecified atom stereocenters. The summed E-state index contributed by atoms with van der Waals surface area (Å²) in [6.45, 7) is 4.04. The van der Waals surface area contributed by atoms with Gasteiger partial charge in [0.2, 0.25) is 0 Å². The van der Waals surface area contributed by atoms with Crippen molar-refractivity contribution in [2.45, 2.75) is 26.3 Å². The molecule has 0 aromatic heterocycles. The van der Waals surface area contributed by atoms with E-state index in [1.54, 1.807) is 7.11 Å². The molecule has 0 saturated heterocycles. The molecule has 0 aliphatic carbocycles. The van der Waals surface area contributed by atoms with Gasteiger partial charge in [-0.1, -0.05) is 36.4 Å². The van der Waals surface area contributed by atoms with Gasteiger partial charge in [-0.2, -0.15) is 0 Å². The van der Waals surface area contributed by atoms with Gasteiger partial charge in [0.25, 0.3) is 0 Å². The van der Waals surface area contributed by atoms with Crippen LogP contribution in [0.25, 0.3) is 0 Å². The van der Waals surface area contributed by atoms with Crippen molar-refractivity contribution in [1.29, 1.82) is 0 Å². The van der Waals surface area contributed by atoms with Crippen LogP contribution in [0.1, 0.15) is 13.8 Å². The van der Waals surface area contributed by atoms with Crippen LogP contribution in [0.15, 0.2) is 60.7 Å². The fourth-order valence-electron chi connectivity index (χ4n) is 2.18.